The summed E-state index contributed by atoms with van der Waals surface area (Å²) in [5.74, 6) is 2.11. The van der Waals surface area contributed by atoms with Crippen molar-refractivity contribution in [1.82, 2.24) is 10.0 Å². The Morgan fingerprint density at radius 3 is 1.95 bits per heavy atom. The first-order valence-corrected chi connectivity index (χ1v) is 9.43. The van der Waals surface area contributed by atoms with E-state index in [1.165, 1.54) is 19.3 Å². The van der Waals surface area contributed by atoms with Crippen molar-refractivity contribution in [1.29, 1.82) is 0 Å². The van der Waals surface area contributed by atoms with E-state index in [-0.39, 0.29) is 11.4 Å². The molecule has 4 aliphatic carbocycles. The second-order valence-electron chi connectivity index (χ2n) is 7.30. The van der Waals surface area contributed by atoms with E-state index in [0.29, 0.717) is 0 Å². The third-order valence-corrected chi connectivity index (χ3v) is 5.99. The van der Waals surface area contributed by atoms with Crippen LogP contribution in [0.3, 0.4) is 0 Å². The molecule has 0 heterocycles. The van der Waals surface area contributed by atoms with Crippen LogP contribution in [0, 0.1) is 17.8 Å². The number of carbonyl (C=O) groups excluding carboxylic acids is 1. The fourth-order valence-corrected chi connectivity index (χ4v) is 5.76. The van der Waals surface area contributed by atoms with Crippen molar-refractivity contribution in [3.05, 3.63) is 0 Å². The molecule has 6 heteroatoms. The quantitative estimate of drug-likeness (QED) is 0.813. The molecule has 0 saturated heterocycles. The Morgan fingerprint density at radius 2 is 1.55 bits per heavy atom. The molecule has 4 bridgehead atoms. The molecule has 4 rings (SSSR count). The molecular weight excluding hydrogens is 276 g/mol. The molecule has 0 radical (unpaired) electrons. The van der Waals surface area contributed by atoms with Crippen LogP contribution in [-0.4, -0.2) is 32.2 Å². The van der Waals surface area contributed by atoms with Gasteiger partial charge in [0.1, 0.15) is 0 Å². The van der Waals surface area contributed by atoms with Gasteiger partial charge < -0.3 is 5.32 Å². The van der Waals surface area contributed by atoms with Gasteiger partial charge in [-0.25, -0.2) is 13.1 Å². The van der Waals surface area contributed by atoms with Gasteiger partial charge in [-0.3, -0.25) is 4.79 Å². The van der Waals surface area contributed by atoms with Crippen LogP contribution in [0.4, 0.5) is 0 Å². The number of nitrogens with one attached hydrogen (secondary N) is 2. The maximum atomic E-state index is 12.3. The summed E-state index contributed by atoms with van der Waals surface area (Å²) in [5, 5.41) is 3.18. The first-order chi connectivity index (χ1) is 9.25. The molecule has 4 fully saturated rings. The Morgan fingerprint density at radius 1 is 1.10 bits per heavy atom. The molecule has 0 aromatic heterocycles. The molecule has 0 aliphatic heterocycles. The number of amides is 1. The fourth-order valence-electron chi connectivity index (χ4n) is 5.01. The predicted octanol–water partition coefficient (Wildman–Crippen LogP) is 1.01. The minimum Gasteiger partial charge on any atom is -0.349 e. The zero-order valence-corrected chi connectivity index (χ0v) is 13.0. The zero-order chi connectivity index (χ0) is 14.5. The van der Waals surface area contributed by atoms with Crippen molar-refractivity contribution in [2.45, 2.75) is 57.0 Å². The topological polar surface area (TPSA) is 75.3 Å². The SMILES string of the molecule is C[C@@H](NS(C)(=O)=O)C(=O)NC12CC3CC(CC(C3)C1)C2. The van der Waals surface area contributed by atoms with E-state index in [9.17, 15) is 13.2 Å². The molecular formula is C14H24N2O3S. The Kier molecular flexibility index (Phi) is 3.36. The maximum Gasteiger partial charge on any atom is 0.238 e. The third kappa shape index (κ3) is 2.86. The van der Waals surface area contributed by atoms with Crippen LogP contribution in [0.5, 0.6) is 0 Å². The lowest BCUT2D eigenvalue weighted by Gasteiger charge is -2.57. The van der Waals surface area contributed by atoms with Gasteiger partial charge >= 0.3 is 0 Å². The summed E-state index contributed by atoms with van der Waals surface area (Å²) in [6.45, 7) is 1.61. The highest BCUT2D eigenvalue weighted by atomic mass is 32.2. The monoisotopic (exact) mass is 300 g/mol. The molecule has 2 N–H and O–H groups in total. The molecule has 0 spiro atoms. The highest BCUT2D eigenvalue weighted by Crippen LogP contribution is 2.55. The third-order valence-electron chi connectivity index (χ3n) is 5.21. The molecule has 1 atom stereocenters. The van der Waals surface area contributed by atoms with Gasteiger partial charge in [0.2, 0.25) is 15.9 Å². The smallest absolute Gasteiger partial charge is 0.238 e. The maximum absolute atomic E-state index is 12.3. The average molecular weight is 300 g/mol. The van der Waals surface area contributed by atoms with Crippen molar-refractivity contribution >= 4 is 15.9 Å². The van der Waals surface area contributed by atoms with Gasteiger partial charge in [0.15, 0.2) is 0 Å². The molecule has 5 nitrogen and oxygen atoms in total. The molecule has 0 aromatic rings. The standard InChI is InChI=1S/C14H24N2O3S/c1-9(16-20(2,18)19)13(17)15-14-6-10-3-11(7-14)5-12(4-10)8-14/h9-12,16H,3-8H2,1-2H3,(H,15,17)/t9-,10?,11?,12?,14?/m1/s1. The summed E-state index contributed by atoms with van der Waals surface area (Å²) in [5.41, 5.74) is -0.0563. The van der Waals surface area contributed by atoms with E-state index in [4.69, 9.17) is 0 Å². The van der Waals surface area contributed by atoms with E-state index in [1.807, 2.05) is 0 Å². The predicted molar refractivity (Wildman–Crippen MR) is 76.5 cm³/mol. The lowest BCUT2D eigenvalue weighted by atomic mass is 9.53. The van der Waals surface area contributed by atoms with Crippen LogP contribution >= 0.6 is 0 Å². The van der Waals surface area contributed by atoms with Crippen LogP contribution in [0.2, 0.25) is 0 Å². The van der Waals surface area contributed by atoms with Gasteiger partial charge in [-0.05, 0) is 63.2 Å². The number of carbonyl (C=O) groups is 1. The highest BCUT2D eigenvalue weighted by molar-refractivity contribution is 7.88. The van der Waals surface area contributed by atoms with Crippen LogP contribution in [0.1, 0.15) is 45.4 Å². The van der Waals surface area contributed by atoms with Crippen molar-refractivity contribution < 1.29 is 13.2 Å². The molecule has 1 amide bonds. The van der Waals surface area contributed by atoms with Gasteiger partial charge in [0.25, 0.3) is 0 Å². The molecule has 0 aromatic carbocycles. The molecule has 4 saturated carbocycles. The number of rotatable bonds is 4. The molecule has 0 unspecified atom stereocenters. The van der Waals surface area contributed by atoms with E-state index in [2.05, 4.69) is 10.0 Å². The minimum absolute atomic E-state index is 0.0563. The summed E-state index contributed by atoms with van der Waals surface area (Å²) in [6, 6.07) is -0.696. The Hall–Kier alpha value is -0.620. The lowest BCUT2D eigenvalue weighted by molar-refractivity contribution is -0.128. The first kappa shape index (κ1) is 14.3. The fraction of sp³-hybridized carbons (Fsp3) is 0.929. The lowest BCUT2D eigenvalue weighted by Crippen LogP contribution is -2.62. The summed E-state index contributed by atoms with van der Waals surface area (Å²) < 4.78 is 24.8. The van der Waals surface area contributed by atoms with Crippen molar-refractivity contribution in [2.24, 2.45) is 17.8 Å². The normalized spacial score (nSPS) is 40.6. The molecule has 114 valence electrons. The Labute approximate surface area is 120 Å². The van der Waals surface area contributed by atoms with Gasteiger partial charge in [0, 0.05) is 5.54 Å². The van der Waals surface area contributed by atoms with E-state index < -0.39 is 16.1 Å². The van der Waals surface area contributed by atoms with Gasteiger partial charge in [-0.1, -0.05) is 0 Å². The second kappa shape index (κ2) is 4.70. The van der Waals surface area contributed by atoms with Crippen LogP contribution in [0.15, 0.2) is 0 Å². The second-order valence-corrected chi connectivity index (χ2v) is 9.08. The van der Waals surface area contributed by atoms with Crippen LogP contribution in [-0.2, 0) is 14.8 Å². The highest BCUT2D eigenvalue weighted by Gasteiger charge is 2.51. The van der Waals surface area contributed by atoms with Gasteiger partial charge in [-0.2, -0.15) is 0 Å². The summed E-state index contributed by atoms with van der Waals surface area (Å²) >= 11 is 0. The summed E-state index contributed by atoms with van der Waals surface area (Å²) in [7, 11) is -3.35. The van der Waals surface area contributed by atoms with Crippen molar-refractivity contribution in [2.75, 3.05) is 6.26 Å². The molecule has 4 aliphatic rings. The van der Waals surface area contributed by atoms with Gasteiger partial charge in [-0.15, -0.1) is 0 Å². The van der Waals surface area contributed by atoms with Crippen LogP contribution < -0.4 is 10.0 Å². The Balaban J connectivity index is 1.67. The number of hydrogen-bond acceptors (Lipinski definition) is 3. The number of hydrogen-bond donors (Lipinski definition) is 2. The van der Waals surface area contributed by atoms with E-state index >= 15 is 0 Å². The average Bonchev–Trinajstić information content (AvgIpc) is 2.23. The van der Waals surface area contributed by atoms with Crippen LogP contribution in [0.25, 0.3) is 0 Å². The van der Waals surface area contributed by atoms with E-state index in [1.54, 1.807) is 6.92 Å². The summed E-state index contributed by atoms with van der Waals surface area (Å²) in [6.07, 6.45) is 8.30. The van der Waals surface area contributed by atoms with Crippen molar-refractivity contribution in [3.63, 3.8) is 0 Å². The summed E-state index contributed by atoms with van der Waals surface area (Å²) in [4.78, 5) is 12.3. The van der Waals surface area contributed by atoms with Crippen molar-refractivity contribution in [3.8, 4) is 0 Å². The Bertz CT molecular complexity index is 479. The van der Waals surface area contributed by atoms with E-state index in [0.717, 1.165) is 43.3 Å². The number of sulfonamides is 1. The minimum atomic E-state index is -3.35. The molecule has 20 heavy (non-hydrogen) atoms. The first-order valence-electron chi connectivity index (χ1n) is 7.54. The van der Waals surface area contributed by atoms with Gasteiger partial charge in [0.05, 0.1) is 12.3 Å². The largest absolute Gasteiger partial charge is 0.349 e. The zero-order valence-electron chi connectivity index (χ0n) is 12.2.